The van der Waals surface area contributed by atoms with E-state index in [1.54, 1.807) is 16.8 Å². The molecule has 0 bridgehead atoms. The van der Waals surface area contributed by atoms with Crippen molar-refractivity contribution in [2.75, 3.05) is 6.61 Å². The molecule has 0 aliphatic rings. The monoisotopic (exact) mass is 446 g/mol. The molecule has 3 rings (SSSR count). The molecule has 138 valence electrons. The lowest BCUT2D eigenvalue weighted by Crippen LogP contribution is -2.24. The van der Waals surface area contributed by atoms with Crippen molar-refractivity contribution in [3.63, 3.8) is 0 Å². The number of aryl methyl sites for hydroxylation is 1. The molecule has 1 aromatic heterocycles. The maximum atomic E-state index is 11.9. The van der Waals surface area contributed by atoms with Crippen molar-refractivity contribution in [2.45, 2.75) is 6.92 Å². The van der Waals surface area contributed by atoms with Crippen LogP contribution in [0.3, 0.4) is 0 Å². The minimum Gasteiger partial charge on any atom is -0.484 e. The first kappa shape index (κ1) is 19.1. The molecule has 1 amide bonds. The van der Waals surface area contributed by atoms with Gasteiger partial charge in [-0.05, 0) is 43.3 Å². The summed E-state index contributed by atoms with van der Waals surface area (Å²) in [6.45, 7) is 1.68. The van der Waals surface area contributed by atoms with Crippen LogP contribution in [0.25, 0.3) is 5.69 Å². The van der Waals surface area contributed by atoms with Gasteiger partial charge in [-0.1, -0.05) is 45.7 Å². The lowest BCUT2D eigenvalue weighted by molar-refractivity contribution is -0.123. The number of amides is 1. The smallest absolute Gasteiger partial charge is 0.277 e. The van der Waals surface area contributed by atoms with Crippen LogP contribution >= 0.6 is 27.5 Å². The van der Waals surface area contributed by atoms with E-state index in [9.17, 15) is 4.79 Å². The summed E-state index contributed by atoms with van der Waals surface area (Å²) in [6, 6.07) is 16.7. The quantitative estimate of drug-likeness (QED) is 0.456. The van der Waals surface area contributed by atoms with E-state index in [2.05, 4.69) is 31.6 Å². The lowest BCUT2D eigenvalue weighted by atomic mass is 10.3. The van der Waals surface area contributed by atoms with Crippen molar-refractivity contribution in [3.8, 4) is 11.4 Å². The third-order valence-electron chi connectivity index (χ3n) is 3.62. The second-order valence-electron chi connectivity index (χ2n) is 5.57. The number of hydrogen-bond acceptors (Lipinski definition) is 4. The number of ether oxygens (including phenoxy) is 1. The Balaban J connectivity index is 1.60. The van der Waals surface area contributed by atoms with E-state index in [1.165, 1.54) is 6.21 Å². The Labute approximate surface area is 169 Å². The first-order valence-corrected chi connectivity index (χ1v) is 9.22. The van der Waals surface area contributed by atoms with Crippen LogP contribution in [0.4, 0.5) is 0 Å². The first-order valence-electron chi connectivity index (χ1n) is 8.05. The number of rotatable bonds is 6. The SMILES string of the molecule is Cc1nn(-c2ccccc2)c(Cl)c1/C=N\NC(=O)COc1ccc(Br)cc1. The van der Waals surface area contributed by atoms with E-state index in [1.807, 2.05) is 49.4 Å². The Bertz CT molecular complexity index is 956. The fourth-order valence-electron chi connectivity index (χ4n) is 2.28. The Morgan fingerprint density at radius 1 is 1.26 bits per heavy atom. The summed E-state index contributed by atoms with van der Waals surface area (Å²) in [7, 11) is 0. The van der Waals surface area contributed by atoms with Gasteiger partial charge in [0.2, 0.25) is 0 Å². The van der Waals surface area contributed by atoms with Gasteiger partial charge in [0.05, 0.1) is 23.2 Å². The van der Waals surface area contributed by atoms with Gasteiger partial charge in [0.25, 0.3) is 5.91 Å². The Morgan fingerprint density at radius 2 is 1.96 bits per heavy atom. The van der Waals surface area contributed by atoms with E-state index in [0.29, 0.717) is 22.2 Å². The maximum Gasteiger partial charge on any atom is 0.277 e. The normalized spacial score (nSPS) is 10.9. The molecule has 0 aliphatic heterocycles. The van der Waals surface area contributed by atoms with Crippen molar-refractivity contribution in [1.29, 1.82) is 0 Å². The number of nitrogens with zero attached hydrogens (tertiary/aromatic N) is 3. The van der Waals surface area contributed by atoms with Gasteiger partial charge in [-0.3, -0.25) is 4.79 Å². The molecule has 6 nitrogen and oxygen atoms in total. The number of nitrogens with one attached hydrogen (secondary N) is 1. The molecule has 0 spiro atoms. The molecule has 0 saturated carbocycles. The second-order valence-corrected chi connectivity index (χ2v) is 6.85. The van der Waals surface area contributed by atoms with Gasteiger partial charge in [0.1, 0.15) is 10.9 Å². The molecule has 0 unspecified atom stereocenters. The Kier molecular flexibility index (Phi) is 6.26. The average Bonchev–Trinajstić information content (AvgIpc) is 2.96. The van der Waals surface area contributed by atoms with Crippen molar-refractivity contribution in [1.82, 2.24) is 15.2 Å². The number of aromatic nitrogens is 2. The van der Waals surface area contributed by atoms with Crippen LogP contribution in [-0.4, -0.2) is 28.5 Å². The highest BCUT2D eigenvalue weighted by atomic mass is 79.9. The zero-order valence-electron chi connectivity index (χ0n) is 14.4. The van der Waals surface area contributed by atoms with E-state index in [0.717, 1.165) is 10.2 Å². The van der Waals surface area contributed by atoms with Gasteiger partial charge in [-0.2, -0.15) is 10.2 Å². The molecule has 1 heterocycles. The Hall–Kier alpha value is -2.64. The summed E-state index contributed by atoms with van der Waals surface area (Å²) in [6.07, 6.45) is 1.47. The van der Waals surface area contributed by atoms with Crippen LogP contribution in [0.15, 0.2) is 64.2 Å². The highest BCUT2D eigenvalue weighted by Gasteiger charge is 2.13. The topological polar surface area (TPSA) is 68.5 Å². The lowest BCUT2D eigenvalue weighted by Gasteiger charge is -2.04. The van der Waals surface area contributed by atoms with Crippen molar-refractivity contribution >= 4 is 39.7 Å². The van der Waals surface area contributed by atoms with Crippen LogP contribution in [-0.2, 0) is 4.79 Å². The van der Waals surface area contributed by atoms with Crippen LogP contribution in [0.1, 0.15) is 11.3 Å². The van der Waals surface area contributed by atoms with Gasteiger partial charge in [0, 0.05) is 4.47 Å². The number of benzene rings is 2. The minimum absolute atomic E-state index is 0.144. The van der Waals surface area contributed by atoms with E-state index in [-0.39, 0.29) is 12.5 Å². The second kappa shape index (κ2) is 8.83. The first-order chi connectivity index (χ1) is 13.0. The molecule has 0 aliphatic carbocycles. The number of carbonyl (C=O) groups excluding carboxylic acids is 1. The van der Waals surface area contributed by atoms with Crippen LogP contribution < -0.4 is 10.2 Å². The molecule has 1 N–H and O–H groups in total. The van der Waals surface area contributed by atoms with Crippen LogP contribution in [0.2, 0.25) is 5.15 Å². The van der Waals surface area contributed by atoms with E-state index in [4.69, 9.17) is 16.3 Å². The third-order valence-corrected chi connectivity index (χ3v) is 4.51. The number of halogens is 2. The van der Waals surface area contributed by atoms with Crippen molar-refractivity contribution < 1.29 is 9.53 Å². The molecule has 3 aromatic rings. The highest BCUT2D eigenvalue weighted by molar-refractivity contribution is 9.10. The summed E-state index contributed by atoms with van der Waals surface area (Å²) in [5, 5.41) is 8.78. The molecule has 2 aromatic carbocycles. The van der Waals surface area contributed by atoms with Crippen molar-refractivity contribution in [2.24, 2.45) is 5.10 Å². The minimum atomic E-state index is -0.376. The number of hydrogen-bond donors (Lipinski definition) is 1. The van der Waals surface area contributed by atoms with E-state index < -0.39 is 0 Å². The summed E-state index contributed by atoms with van der Waals surface area (Å²) in [5.41, 5.74) is 4.60. The standard InChI is InChI=1S/C19H16BrClN4O2/c1-13-17(19(21)25(24-13)15-5-3-2-4-6-15)11-22-23-18(26)12-27-16-9-7-14(20)8-10-16/h2-11H,12H2,1H3,(H,23,26)/b22-11-. The zero-order chi connectivity index (χ0) is 19.2. The van der Waals surface area contributed by atoms with Gasteiger partial charge in [-0.15, -0.1) is 0 Å². The number of hydrazone groups is 1. The average molecular weight is 448 g/mol. The molecule has 8 heteroatoms. The predicted octanol–water partition coefficient (Wildman–Crippen LogP) is 4.13. The summed E-state index contributed by atoms with van der Waals surface area (Å²) >= 11 is 9.74. The molecular weight excluding hydrogens is 432 g/mol. The van der Waals surface area contributed by atoms with Gasteiger partial charge < -0.3 is 4.74 Å². The molecule has 27 heavy (non-hydrogen) atoms. The van der Waals surface area contributed by atoms with Crippen LogP contribution in [0.5, 0.6) is 5.75 Å². The summed E-state index contributed by atoms with van der Waals surface area (Å²) in [5.74, 6) is 0.221. The van der Waals surface area contributed by atoms with E-state index >= 15 is 0 Å². The highest BCUT2D eigenvalue weighted by Crippen LogP contribution is 2.21. The Morgan fingerprint density at radius 3 is 2.67 bits per heavy atom. The molecule has 0 atom stereocenters. The summed E-state index contributed by atoms with van der Waals surface area (Å²) < 4.78 is 7.94. The van der Waals surface area contributed by atoms with Gasteiger partial charge in [-0.25, -0.2) is 10.1 Å². The predicted molar refractivity (Wildman–Crippen MR) is 109 cm³/mol. The molecule has 0 saturated heterocycles. The maximum absolute atomic E-state index is 11.9. The summed E-state index contributed by atoms with van der Waals surface area (Å²) in [4.78, 5) is 11.9. The molecular formula is C19H16BrClN4O2. The van der Waals surface area contributed by atoms with Gasteiger partial charge in [0.15, 0.2) is 6.61 Å². The van der Waals surface area contributed by atoms with Crippen molar-refractivity contribution in [3.05, 3.63) is 75.5 Å². The number of carbonyl (C=O) groups is 1. The fourth-order valence-corrected chi connectivity index (χ4v) is 2.86. The van der Waals surface area contributed by atoms with Crippen LogP contribution in [0, 0.1) is 6.92 Å². The number of para-hydroxylation sites is 1. The largest absolute Gasteiger partial charge is 0.484 e. The molecule has 0 radical (unpaired) electrons. The fraction of sp³-hybridized carbons (Fsp3) is 0.105. The third kappa shape index (κ3) is 4.96. The van der Waals surface area contributed by atoms with Gasteiger partial charge >= 0.3 is 0 Å². The molecule has 0 fully saturated rings. The zero-order valence-corrected chi connectivity index (χ0v) is 16.7.